The summed E-state index contributed by atoms with van der Waals surface area (Å²) in [7, 11) is 1.61. The predicted octanol–water partition coefficient (Wildman–Crippen LogP) is 4.15. The van der Waals surface area contributed by atoms with E-state index in [0.29, 0.717) is 17.2 Å². The van der Waals surface area contributed by atoms with Crippen LogP contribution in [0.4, 0.5) is 0 Å². The van der Waals surface area contributed by atoms with E-state index in [-0.39, 0.29) is 12.6 Å². The Morgan fingerprint density at radius 2 is 1.74 bits per heavy atom. The zero-order valence-electron chi connectivity index (χ0n) is 12.7. The van der Waals surface area contributed by atoms with Gasteiger partial charge in [0, 0.05) is 4.70 Å². The lowest BCUT2D eigenvalue weighted by Gasteiger charge is -2.07. The van der Waals surface area contributed by atoms with Crippen LogP contribution in [0, 0.1) is 0 Å². The van der Waals surface area contributed by atoms with Crippen molar-refractivity contribution in [2.75, 3.05) is 20.3 Å². The Morgan fingerprint density at radius 3 is 2.48 bits per heavy atom. The largest absolute Gasteiger partial charge is 0.497 e. The third kappa shape index (κ3) is 3.81. The highest BCUT2D eigenvalue weighted by Crippen LogP contribution is 2.25. The summed E-state index contributed by atoms with van der Waals surface area (Å²) in [5, 5.41) is 1.05. The van der Waals surface area contributed by atoms with Gasteiger partial charge in [0.05, 0.1) is 7.11 Å². The molecule has 0 fully saturated rings. The number of hydrogen-bond acceptors (Lipinski definition) is 5. The topological polar surface area (TPSA) is 44.8 Å². The Kier molecular flexibility index (Phi) is 4.78. The first-order valence-corrected chi connectivity index (χ1v) is 8.00. The van der Waals surface area contributed by atoms with Gasteiger partial charge in [-0.2, -0.15) is 0 Å². The number of esters is 1. The number of fused-ring (bicyclic) bond motifs is 1. The monoisotopic (exact) mass is 328 g/mol. The molecule has 0 N–H and O–H groups in total. The average Bonchev–Trinajstić information content (AvgIpc) is 3.03. The molecule has 0 atom stereocenters. The van der Waals surface area contributed by atoms with E-state index in [1.807, 2.05) is 54.6 Å². The minimum Gasteiger partial charge on any atom is -0.497 e. The van der Waals surface area contributed by atoms with Crippen LogP contribution in [0.15, 0.2) is 54.6 Å². The number of benzene rings is 2. The first-order chi connectivity index (χ1) is 11.3. The van der Waals surface area contributed by atoms with Crippen LogP contribution in [0.2, 0.25) is 0 Å². The summed E-state index contributed by atoms with van der Waals surface area (Å²) in [6.45, 7) is 0.516. The van der Waals surface area contributed by atoms with Crippen LogP contribution in [0.25, 0.3) is 10.1 Å². The van der Waals surface area contributed by atoms with Gasteiger partial charge in [0.15, 0.2) is 0 Å². The summed E-state index contributed by atoms with van der Waals surface area (Å²) in [6.07, 6.45) is 0. The molecule has 0 aliphatic rings. The van der Waals surface area contributed by atoms with Crippen LogP contribution in [-0.4, -0.2) is 26.3 Å². The lowest BCUT2D eigenvalue weighted by Crippen LogP contribution is -2.11. The SMILES string of the molecule is COc1ccc(OCCOC(=O)c2cc3ccccc3s2)cc1. The Balaban J connectivity index is 1.48. The smallest absolute Gasteiger partial charge is 0.348 e. The molecule has 0 saturated heterocycles. The zero-order valence-corrected chi connectivity index (χ0v) is 13.5. The maximum absolute atomic E-state index is 12.0. The van der Waals surface area contributed by atoms with Crippen molar-refractivity contribution in [2.45, 2.75) is 0 Å². The van der Waals surface area contributed by atoms with Crippen molar-refractivity contribution in [3.05, 3.63) is 59.5 Å². The molecule has 0 radical (unpaired) electrons. The Hall–Kier alpha value is -2.53. The maximum atomic E-state index is 12.0. The van der Waals surface area contributed by atoms with Crippen LogP contribution in [0.3, 0.4) is 0 Å². The highest BCUT2D eigenvalue weighted by molar-refractivity contribution is 7.20. The van der Waals surface area contributed by atoms with E-state index in [0.717, 1.165) is 15.8 Å². The minimum absolute atomic E-state index is 0.207. The second-order valence-corrected chi connectivity index (χ2v) is 5.89. The predicted molar refractivity (Wildman–Crippen MR) is 90.6 cm³/mol. The van der Waals surface area contributed by atoms with Crippen LogP contribution in [-0.2, 0) is 4.74 Å². The lowest BCUT2D eigenvalue weighted by molar-refractivity contribution is 0.0456. The third-order valence-electron chi connectivity index (χ3n) is 3.27. The fourth-order valence-electron chi connectivity index (χ4n) is 2.12. The molecule has 1 aromatic heterocycles. The van der Waals surface area contributed by atoms with E-state index in [4.69, 9.17) is 14.2 Å². The van der Waals surface area contributed by atoms with E-state index in [2.05, 4.69) is 0 Å². The molecule has 1 heterocycles. The molecule has 23 heavy (non-hydrogen) atoms. The van der Waals surface area contributed by atoms with Crippen LogP contribution in [0.5, 0.6) is 11.5 Å². The Bertz CT molecular complexity index is 759. The summed E-state index contributed by atoms with van der Waals surface area (Å²) in [5.41, 5.74) is 0. The minimum atomic E-state index is -0.315. The highest BCUT2D eigenvalue weighted by atomic mass is 32.1. The van der Waals surface area contributed by atoms with Gasteiger partial charge in [-0.25, -0.2) is 4.79 Å². The molecule has 0 spiro atoms. The van der Waals surface area contributed by atoms with Gasteiger partial charge in [0.1, 0.15) is 29.6 Å². The second kappa shape index (κ2) is 7.15. The fourth-order valence-corrected chi connectivity index (χ4v) is 3.08. The number of carbonyl (C=O) groups excluding carboxylic acids is 1. The van der Waals surface area contributed by atoms with Gasteiger partial charge in [0.2, 0.25) is 0 Å². The van der Waals surface area contributed by atoms with Gasteiger partial charge in [-0.1, -0.05) is 18.2 Å². The normalized spacial score (nSPS) is 10.5. The average molecular weight is 328 g/mol. The van der Waals surface area contributed by atoms with Gasteiger partial charge in [-0.15, -0.1) is 11.3 Å². The summed E-state index contributed by atoms with van der Waals surface area (Å²) in [4.78, 5) is 12.6. The standard InChI is InChI=1S/C18H16O4S/c1-20-14-6-8-15(9-7-14)21-10-11-22-18(19)17-12-13-4-2-3-5-16(13)23-17/h2-9,12H,10-11H2,1H3. The van der Waals surface area contributed by atoms with Crippen LogP contribution < -0.4 is 9.47 Å². The summed E-state index contributed by atoms with van der Waals surface area (Å²) >= 11 is 1.43. The quantitative estimate of drug-likeness (QED) is 0.504. The fraction of sp³-hybridized carbons (Fsp3) is 0.167. The molecule has 2 aromatic carbocycles. The molecule has 4 nitrogen and oxygen atoms in total. The number of carbonyl (C=O) groups is 1. The number of hydrogen-bond donors (Lipinski definition) is 0. The van der Waals surface area contributed by atoms with Crippen LogP contribution >= 0.6 is 11.3 Å². The van der Waals surface area contributed by atoms with E-state index >= 15 is 0 Å². The molecule has 0 aliphatic heterocycles. The Labute approximate surface area is 138 Å². The van der Waals surface area contributed by atoms with E-state index < -0.39 is 0 Å². The molecular weight excluding hydrogens is 312 g/mol. The van der Waals surface area contributed by atoms with Crippen molar-refractivity contribution in [1.82, 2.24) is 0 Å². The van der Waals surface area contributed by atoms with Gasteiger partial charge < -0.3 is 14.2 Å². The summed E-state index contributed by atoms with van der Waals surface area (Å²) in [5.74, 6) is 1.17. The number of rotatable bonds is 6. The van der Waals surface area contributed by atoms with Gasteiger partial charge in [-0.3, -0.25) is 0 Å². The second-order valence-electron chi connectivity index (χ2n) is 4.81. The van der Waals surface area contributed by atoms with Crippen molar-refractivity contribution in [2.24, 2.45) is 0 Å². The molecule has 5 heteroatoms. The first-order valence-electron chi connectivity index (χ1n) is 7.19. The molecule has 3 rings (SSSR count). The van der Waals surface area contributed by atoms with Gasteiger partial charge in [0.25, 0.3) is 0 Å². The molecule has 0 aliphatic carbocycles. The first kappa shape index (κ1) is 15.4. The highest BCUT2D eigenvalue weighted by Gasteiger charge is 2.11. The molecule has 0 unspecified atom stereocenters. The van der Waals surface area contributed by atoms with Crippen molar-refractivity contribution < 1.29 is 19.0 Å². The number of ether oxygens (including phenoxy) is 3. The lowest BCUT2D eigenvalue weighted by atomic mass is 10.2. The van der Waals surface area contributed by atoms with Crippen molar-refractivity contribution in [1.29, 1.82) is 0 Å². The van der Waals surface area contributed by atoms with E-state index in [1.165, 1.54) is 11.3 Å². The van der Waals surface area contributed by atoms with E-state index in [9.17, 15) is 4.79 Å². The maximum Gasteiger partial charge on any atom is 0.348 e. The number of methoxy groups -OCH3 is 1. The van der Waals surface area contributed by atoms with Crippen molar-refractivity contribution in [3.63, 3.8) is 0 Å². The molecule has 118 valence electrons. The summed E-state index contributed by atoms with van der Waals surface area (Å²) in [6, 6.07) is 17.0. The van der Waals surface area contributed by atoms with Crippen LogP contribution in [0.1, 0.15) is 9.67 Å². The molecule has 0 amide bonds. The molecule has 3 aromatic rings. The molecule has 0 bridgehead atoms. The third-order valence-corrected chi connectivity index (χ3v) is 4.37. The van der Waals surface area contributed by atoms with E-state index in [1.54, 1.807) is 7.11 Å². The van der Waals surface area contributed by atoms with Gasteiger partial charge >= 0.3 is 5.97 Å². The van der Waals surface area contributed by atoms with Crippen molar-refractivity contribution >= 4 is 27.4 Å². The Morgan fingerprint density at radius 1 is 1.00 bits per heavy atom. The number of thiophene rings is 1. The zero-order chi connectivity index (χ0) is 16.1. The van der Waals surface area contributed by atoms with Gasteiger partial charge in [-0.05, 0) is 41.8 Å². The van der Waals surface area contributed by atoms with Crippen molar-refractivity contribution in [3.8, 4) is 11.5 Å². The molecular formula is C18H16O4S. The molecule has 0 saturated carbocycles. The summed E-state index contributed by atoms with van der Waals surface area (Å²) < 4.78 is 16.9.